The van der Waals surface area contributed by atoms with Crippen LogP contribution in [-0.2, 0) is 13.1 Å². The highest BCUT2D eigenvalue weighted by molar-refractivity contribution is 5.76. The van der Waals surface area contributed by atoms with Crippen molar-refractivity contribution in [2.75, 3.05) is 0 Å². The van der Waals surface area contributed by atoms with Crippen LogP contribution in [0.4, 0.5) is 0 Å². The van der Waals surface area contributed by atoms with E-state index in [9.17, 15) is 0 Å². The summed E-state index contributed by atoms with van der Waals surface area (Å²) in [6.45, 7) is 5.35. The Morgan fingerprint density at radius 3 is 1.44 bits per heavy atom. The Hall–Kier alpha value is -1.64. The minimum atomic E-state index is 0.551. The van der Waals surface area contributed by atoms with Gasteiger partial charge in [-0.1, -0.05) is 36.4 Å². The van der Waals surface area contributed by atoms with Crippen LogP contribution < -0.4 is 11.5 Å². The first-order valence-corrected chi connectivity index (χ1v) is 6.26. The van der Waals surface area contributed by atoms with Crippen LogP contribution in [0.15, 0.2) is 36.4 Å². The highest BCUT2D eigenvalue weighted by atomic mass is 14.5. The van der Waals surface area contributed by atoms with E-state index in [1.807, 2.05) is 0 Å². The van der Waals surface area contributed by atoms with E-state index in [4.69, 9.17) is 11.5 Å². The Labute approximate surface area is 109 Å². The van der Waals surface area contributed by atoms with Gasteiger partial charge >= 0.3 is 0 Å². The molecule has 2 aromatic rings. The third-order valence-electron chi connectivity index (χ3n) is 3.41. The van der Waals surface area contributed by atoms with Gasteiger partial charge in [0.05, 0.1) is 0 Å². The van der Waals surface area contributed by atoms with Crippen molar-refractivity contribution in [1.82, 2.24) is 0 Å². The Bertz CT molecular complexity index is 508. The van der Waals surface area contributed by atoms with Crippen LogP contribution in [0.25, 0.3) is 11.1 Å². The first-order chi connectivity index (χ1) is 8.69. The predicted octanol–water partition coefficient (Wildman–Crippen LogP) is 2.89. The Kier molecular flexibility index (Phi) is 3.80. The summed E-state index contributed by atoms with van der Waals surface area (Å²) in [6.07, 6.45) is 0. The fourth-order valence-corrected chi connectivity index (χ4v) is 2.51. The van der Waals surface area contributed by atoms with Crippen LogP contribution in [0.5, 0.6) is 0 Å². The van der Waals surface area contributed by atoms with Gasteiger partial charge in [0, 0.05) is 13.1 Å². The van der Waals surface area contributed by atoms with Gasteiger partial charge in [0.15, 0.2) is 0 Å². The topological polar surface area (TPSA) is 52.0 Å². The molecular weight excluding hydrogens is 220 g/mol. The van der Waals surface area contributed by atoms with Crippen LogP contribution in [0.3, 0.4) is 0 Å². The lowest BCUT2D eigenvalue weighted by molar-refractivity contribution is 1.05. The molecule has 0 aliphatic carbocycles. The molecule has 0 bridgehead atoms. The van der Waals surface area contributed by atoms with Crippen LogP contribution >= 0.6 is 0 Å². The zero-order valence-corrected chi connectivity index (χ0v) is 11.0. The first kappa shape index (κ1) is 12.8. The Morgan fingerprint density at radius 2 is 1.11 bits per heavy atom. The number of hydrogen-bond acceptors (Lipinski definition) is 2. The van der Waals surface area contributed by atoms with E-state index in [2.05, 4.69) is 50.2 Å². The van der Waals surface area contributed by atoms with Crippen molar-refractivity contribution in [1.29, 1.82) is 0 Å². The van der Waals surface area contributed by atoms with E-state index in [1.54, 1.807) is 0 Å². The zero-order chi connectivity index (χ0) is 13.1. The van der Waals surface area contributed by atoms with Crippen molar-refractivity contribution in [3.8, 4) is 11.1 Å². The number of nitrogens with two attached hydrogens (primary N) is 2. The molecule has 0 saturated heterocycles. The molecule has 0 aliphatic heterocycles. The standard InChI is InChI=1S/C16H20N2/c1-11-5-3-7-13(9-17)15(11)16-12(2)6-4-8-14(16)10-18/h3-8H,9-10,17-18H2,1-2H3. The van der Waals surface area contributed by atoms with E-state index >= 15 is 0 Å². The molecule has 0 heterocycles. The molecule has 94 valence electrons. The van der Waals surface area contributed by atoms with Crippen LogP contribution in [0.2, 0.25) is 0 Å². The first-order valence-electron chi connectivity index (χ1n) is 6.26. The van der Waals surface area contributed by atoms with Crippen molar-refractivity contribution >= 4 is 0 Å². The minimum Gasteiger partial charge on any atom is -0.326 e. The van der Waals surface area contributed by atoms with Gasteiger partial charge < -0.3 is 11.5 Å². The zero-order valence-electron chi connectivity index (χ0n) is 11.0. The molecular formula is C16H20N2. The van der Waals surface area contributed by atoms with E-state index in [0.717, 1.165) is 0 Å². The molecule has 2 rings (SSSR count). The van der Waals surface area contributed by atoms with Crippen molar-refractivity contribution in [3.63, 3.8) is 0 Å². The monoisotopic (exact) mass is 240 g/mol. The quantitative estimate of drug-likeness (QED) is 0.866. The van der Waals surface area contributed by atoms with Crippen molar-refractivity contribution in [2.24, 2.45) is 11.5 Å². The van der Waals surface area contributed by atoms with Crippen LogP contribution in [-0.4, -0.2) is 0 Å². The van der Waals surface area contributed by atoms with E-state index in [1.165, 1.54) is 33.4 Å². The summed E-state index contributed by atoms with van der Waals surface area (Å²) in [5.74, 6) is 0. The van der Waals surface area contributed by atoms with Gasteiger partial charge in [-0.2, -0.15) is 0 Å². The predicted molar refractivity (Wildman–Crippen MR) is 77.1 cm³/mol. The fourth-order valence-electron chi connectivity index (χ4n) is 2.51. The highest BCUT2D eigenvalue weighted by Gasteiger charge is 2.12. The smallest absolute Gasteiger partial charge is 0.0184 e. The number of benzene rings is 2. The second-order valence-corrected chi connectivity index (χ2v) is 4.63. The lowest BCUT2D eigenvalue weighted by Crippen LogP contribution is -2.05. The number of rotatable bonds is 3. The molecule has 2 heteroatoms. The summed E-state index contributed by atoms with van der Waals surface area (Å²) in [4.78, 5) is 0. The van der Waals surface area contributed by atoms with Gasteiger partial charge in [0.2, 0.25) is 0 Å². The average Bonchev–Trinajstić information content (AvgIpc) is 2.38. The summed E-state index contributed by atoms with van der Waals surface area (Å²) in [5, 5.41) is 0. The summed E-state index contributed by atoms with van der Waals surface area (Å²) in [6, 6.07) is 12.6. The molecule has 0 fully saturated rings. The second-order valence-electron chi connectivity index (χ2n) is 4.63. The van der Waals surface area contributed by atoms with Gasteiger partial charge in [0.1, 0.15) is 0 Å². The maximum atomic E-state index is 5.87. The Morgan fingerprint density at radius 1 is 0.722 bits per heavy atom. The van der Waals surface area contributed by atoms with Crippen LogP contribution in [0, 0.1) is 13.8 Å². The molecule has 4 N–H and O–H groups in total. The normalized spacial score (nSPS) is 10.7. The van der Waals surface area contributed by atoms with E-state index in [0.29, 0.717) is 13.1 Å². The lowest BCUT2D eigenvalue weighted by atomic mass is 9.88. The summed E-state index contributed by atoms with van der Waals surface area (Å²) < 4.78 is 0. The number of hydrogen-bond donors (Lipinski definition) is 2. The molecule has 0 unspecified atom stereocenters. The van der Waals surface area contributed by atoms with E-state index in [-0.39, 0.29) is 0 Å². The minimum absolute atomic E-state index is 0.551. The number of aryl methyl sites for hydroxylation is 2. The molecule has 0 aliphatic rings. The van der Waals surface area contributed by atoms with Gasteiger partial charge in [0.25, 0.3) is 0 Å². The fraction of sp³-hybridized carbons (Fsp3) is 0.250. The molecule has 18 heavy (non-hydrogen) atoms. The van der Waals surface area contributed by atoms with Crippen molar-refractivity contribution in [3.05, 3.63) is 58.7 Å². The molecule has 2 aromatic carbocycles. The SMILES string of the molecule is Cc1cccc(CN)c1-c1c(C)cccc1CN. The van der Waals surface area contributed by atoms with Crippen LogP contribution in [0.1, 0.15) is 22.3 Å². The summed E-state index contributed by atoms with van der Waals surface area (Å²) >= 11 is 0. The van der Waals surface area contributed by atoms with Gasteiger partial charge in [-0.25, -0.2) is 0 Å². The average molecular weight is 240 g/mol. The summed E-state index contributed by atoms with van der Waals surface area (Å²) in [7, 11) is 0. The molecule has 0 radical (unpaired) electrons. The Balaban J connectivity index is 2.76. The molecule has 0 saturated carbocycles. The second kappa shape index (κ2) is 5.34. The van der Waals surface area contributed by atoms with E-state index < -0.39 is 0 Å². The molecule has 0 aromatic heterocycles. The summed E-state index contributed by atoms with van der Waals surface area (Å²) in [5.41, 5.74) is 19.1. The third-order valence-corrected chi connectivity index (χ3v) is 3.41. The third kappa shape index (κ3) is 2.17. The lowest BCUT2D eigenvalue weighted by Gasteiger charge is -2.17. The van der Waals surface area contributed by atoms with Gasteiger partial charge in [-0.3, -0.25) is 0 Å². The highest BCUT2D eigenvalue weighted by Crippen LogP contribution is 2.32. The maximum absolute atomic E-state index is 5.87. The largest absolute Gasteiger partial charge is 0.326 e. The maximum Gasteiger partial charge on any atom is 0.0184 e. The van der Waals surface area contributed by atoms with Gasteiger partial charge in [-0.05, 0) is 47.2 Å². The van der Waals surface area contributed by atoms with Gasteiger partial charge in [-0.15, -0.1) is 0 Å². The van der Waals surface area contributed by atoms with Crippen molar-refractivity contribution < 1.29 is 0 Å². The molecule has 0 amide bonds. The molecule has 0 spiro atoms. The molecule has 0 atom stereocenters. The van der Waals surface area contributed by atoms with Crippen molar-refractivity contribution in [2.45, 2.75) is 26.9 Å². The molecule has 2 nitrogen and oxygen atoms in total.